The minimum Gasteiger partial charge on any atom is -0.491 e. The average Bonchev–Trinajstić information content (AvgIpc) is 2.18. The van der Waals surface area contributed by atoms with Gasteiger partial charge in [-0.3, -0.25) is 0 Å². The van der Waals surface area contributed by atoms with Crippen LogP contribution in [-0.4, -0.2) is 21.3 Å². The molecule has 0 aliphatic rings. The molecule has 1 aromatic rings. The third-order valence-corrected chi connectivity index (χ3v) is 3.53. The molecule has 0 unspecified atom stereocenters. The van der Waals surface area contributed by atoms with Crippen LogP contribution in [0, 0.1) is 5.92 Å². The van der Waals surface area contributed by atoms with Gasteiger partial charge in [0.1, 0.15) is 5.75 Å². The second kappa shape index (κ2) is 5.40. The fourth-order valence-corrected chi connectivity index (χ4v) is 2.20. The molecule has 4 nitrogen and oxygen atoms in total. The van der Waals surface area contributed by atoms with Crippen molar-refractivity contribution in [1.82, 2.24) is 0 Å². The van der Waals surface area contributed by atoms with Crippen LogP contribution in [0.2, 0.25) is 0 Å². The van der Waals surface area contributed by atoms with Crippen LogP contribution in [0.5, 0.6) is 5.75 Å². The van der Waals surface area contributed by atoms with Gasteiger partial charge in [-0.05, 0) is 24.5 Å². The van der Waals surface area contributed by atoms with Crippen molar-refractivity contribution < 1.29 is 13.2 Å². The highest BCUT2D eigenvalue weighted by molar-refractivity contribution is 7.90. The Morgan fingerprint density at radius 2 is 2.00 bits per heavy atom. The largest absolute Gasteiger partial charge is 0.491 e. The topological polar surface area (TPSA) is 69.4 Å². The van der Waals surface area contributed by atoms with Gasteiger partial charge in [-0.15, -0.1) is 0 Å². The summed E-state index contributed by atoms with van der Waals surface area (Å²) in [5.41, 5.74) is 5.98. The lowest BCUT2D eigenvalue weighted by Crippen LogP contribution is -2.07. The zero-order chi connectivity index (χ0) is 13.1. The molecule has 0 amide bonds. The maximum atomic E-state index is 11.5. The van der Waals surface area contributed by atoms with Crippen molar-refractivity contribution >= 4 is 15.5 Å². The zero-order valence-electron chi connectivity index (χ0n) is 10.4. The molecule has 96 valence electrons. The van der Waals surface area contributed by atoms with Crippen LogP contribution in [0.4, 0.5) is 5.69 Å². The van der Waals surface area contributed by atoms with E-state index in [2.05, 4.69) is 13.8 Å². The van der Waals surface area contributed by atoms with E-state index >= 15 is 0 Å². The minimum absolute atomic E-state index is 0.125. The summed E-state index contributed by atoms with van der Waals surface area (Å²) in [6.07, 6.45) is 2.04. The van der Waals surface area contributed by atoms with Gasteiger partial charge in [0, 0.05) is 6.26 Å². The molecule has 0 aliphatic carbocycles. The summed E-state index contributed by atoms with van der Waals surface area (Å²) in [6, 6.07) is 4.81. The normalized spacial score (nSPS) is 11.8. The quantitative estimate of drug-likeness (QED) is 0.820. The highest BCUT2D eigenvalue weighted by Gasteiger charge is 2.14. The number of benzene rings is 1. The summed E-state index contributed by atoms with van der Waals surface area (Å²) in [5, 5.41) is 0. The van der Waals surface area contributed by atoms with E-state index in [0.29, 0.717) is 18.3 Å². The lowest BCUT2D eigenvalue weighted by molar-refractivity contribution is 0.290. The van der Waals surface area contributed by atoms with Gasteiger partial charge in [0.15, 0.2) is 9.84 Å². The number of rotatable bonds is 5. The Balaban J connectivity index is 2.88. The van der Waals surface area contributed by atoms with Crippen LogP contribution in [0.15, 0.2) is 23.1 Å². The lowest BCUT2D eigenvalue weighted by atomic mass is 10.1. The van der Waals surface area contributed by atoms with Gasteiger partial charge in [0.25, 0.3) is 0 Å². The Bertz CT molecular complexity index is 481. The van der Waals surface area contributed by atoms with Gasteiger partial charge in [-0.25, -0.2) is 8.42 Å². The maximum Gasteiger partial charge on any atom is 0.177 e. The second-order valence-corrected chi connectivity index (χ2v) is 6.46. The molecule has 0 bridgehead atoms. The fraction of sp³-hybridized carbons (Fsp3) is 0.500. The molecule has 1 aromatic carbocycles. The molecule has 0 heterocycles. The number of sulfone groups is 1. The molecule has 0 saturated carbocycles. The van der Waals surface area contributed by atoms with E-state index < -0.39 is 9.84 Å². The maximum absolute atomic E-state index is 11.5. The number of hydrogen-bond acceptors (Lipinski definition) is 4. The van der Waals surface area contributed by atoms with Gasteiger partial charge >= 0.3 is 0 Å². The number of anilines is 1. The molecule has 17 heavy (non-hydrogen) atoms. The van der Waals surface area contributed by atoms with Crippen LogP contribution in [0.3, 0.4) is 0 Å². The van der Waals surface area contributed by atoms with Gasteiger partial charge in [-0.2, -0.15) is 0 Å². The van der Waals surface area contributed by atoms with Crippen LogP contribution in [-0.2, 0) is 9.84 Å². The van der Waals surface area contributed by atoms with Crippen molar-refractivity contribution in [2.45, 2.75) is 25.2 Å². The number of para-hydroxylation sites is 1. The molecule has 0 aromatic heterocycles. The van der Waals surface area contributed by atoms with Crippen LogP contribution in [0.25, 0.3) is 0 Å². The molecule has 0 radical (unpaired) electrons. The van der Waals surface area contributed by atoms with Gasteiger partial charge in [-0.1, -0.05) is 19.9 Å². The van der Waals surface area contributed by atoms with Gasteiger partial charge in [0.05, 0.1) is 17.2 Å². The van der Waals surface area contributed by atoms with Crippen LogP contribution < -0.4 is 10.5 Å². The summed E-state index contributed by atoms with van der Waals surface area (Å²) in [7, 11) is -3.30. The number of nitrogen functional groups attached to an aromatic ring is 1. The summed E-state index contributed by atoms with van der Waals surface area (Å²) in [5.74, 6) is 0.975. The summed E-state index contributed by atoms with van der Waals surface area (Å²) < 4.78 is 28.4. The van der Waals surface area contributed by atoms with E-state index in [-0.39, 0.29) is 10.6 Å². The van der Waals surface area contributed by atoms with Crippen molar-refractivity contribution in [3.05, 3.63) is 18.2 Å². The molecule has 1 rings (SSSR count). The first-order valence-corrected chi connectivity index (χ1v) is 7.43. The molecule has 2 N–H and O–H groups in total. The predicted octanol–water partition coefficient (Wildman–Crippen LogP) is 2.10. The van der Waals surface area contributed by atoms with Crippen molar-refractivity contribution in [3.63, 3.8) is 0 Å². The Kier molecular flexibility index (Phi) is 4.40. The van der Waals surface area contributed by atoms with E-state index in [1.165, 1.54) is 6.07 Å². The number of nitrogens with two attached hydrogens (primary N) is 1. The third kappa shape index (κ3) is 3.93. The Hall–Kier alpha value is -1.23. The smallest absolute Gasteiger partial charge is 0.177 e. The van der Waals surface area contributed by atoms with E-state index in [1.54, 1.807) is 12.1 Å². The Morgan fingerprint density at radius 1 is 1.35 bits per heavy atom. The number of hydrogen-bond donors (Lipinski definition) is 1. The van der Waals surface area contributed by atoms with E-state index in [4.69, 9.17) is 10.5 Å². The molecule has 0 spiro atoms. The summed E-state index contributed by atoms with van der Waals surface area (Å²) >= 11 is 0. The van der Waals surface area contributed by atoms with Crippen molar-refractivity contribution in [2.24, 2.45) is 5.92 Å². The summed E-state index contributed by atoms with van der Waals surface area (Å²) in [6.45, 7) is 4.73. The fourth-order valence-electron chi connectivity index (χ4n) is 1.38. The molecule has 0 saturated heterocycles. The zero-order valence-corrected chi connectivity index (χ0v) is 11.3. The SMILES string of the molecule is CC(C)CCOc1cccc(S(C)(=O)=O)c1N. The molecule has 0 fully saturated rings. The second-order valence-electron chi connectivity index (χ2n) is 4.47. The molecular formula is C12H19NO3S. The number of ether oxygens (including phenoxy) is 1. The minimum atomic E-state index is -3.30. The molecule has 5 heteroatoms. The van der Waals surface area contributed by atoms with Crippen LogP contribution in [0.1, 0.15) is 20.3 Å². The standard InChI is InChI=1S/C12H19NO3S/c1-9(2)7-8-16-10-5-4-6-11(12(10)13)17(3,14)15/h4-6,9H,7-8,13H2,1-3H3. The predicted molar refractivity (Wildman–Crippen MR) is 68.9 cm³/mol. The first-order valence-electron chi connectivity index (χ1n) is 5.53. The van der Waals surface area contributed by atoms with E-state index in [1.807, 2.05) is 0 Å². The Labute approximate surface area is 103 Å². The van der Waals surface area contributed by atoms with Crippen molar-refractivity contribution in [1.29, 1.82) is 0 Å². The highest BCUT2D eigenvalue weighted by atomic mass is 32.2. The van der Waals surface area contributed by atoms with Crippen molar-refractivity contribution in [2.75, 3.05) is 18.6 Å². The van der Waals surface area contributed by atoms with E-state index in [9.17, 15) is 8.42 Å². The first kappa shape index (κ1) is 13.8. The van der Waals surface area contributed by atoms with E-state index in [0.717, 1.165) is 12.7 Å². The summed E-state index contributed by atoms with van der Waals surface area (Å²) in [4.78, 5) is 0.125. The average molecular weight is 257 g/mol. The monoisotopic (exact) mass is 257 g/mol. The van der Waals surface area contributed by atoms with Crippen molar-refractivity contribution in [3.8, 4) is 5.75 Å². The molecular weight excluding hydrogens is 238 g/mol. The van der Waals surface area contributed by atoms with Gasteiger partial charge < -0.3 is 10.5 Å². The lowest BCUT2D eigenvalue weighted by Gasteiger charge is -2.12. The molecule has 0 atom stereocenters. The van der Waals surface area contributed by atoms with Crippen LogP contribution >= 0.6 is 0 Å². The highest BCUT2D eigenvalue weighted by Crippen LogP contribution is 2.28. The molecule has 0 aliphatic heterocycles. The first-order chi connectivity index (χ1) is 7.82. The third-order valence-electron chi connectivity index (χ3n) is 2.38. The van der Waals surface area contributed by atoms with Gasteiger partial charge in [0.2, 0.25) is 0 Å². The Morgan fingerprint density at radius 3 is 2.53 bits per heavy atom.